The zero-order valence-corrected chi connectivity index (χ0v) is 13.3. The van der Waals surface area contributed by atoms with Gasteiger partial charge in [-0.05, 0) is 19.1 Å². The average molecular weight is 306 g/mol. The molecule has 0 aliphatic carbocycles. The average Bonchev–Trinajstić information content (AvgIpc) is 2.74. The first kappa shape index (κ1) is 15.4. The van der Waals surface area contributed by atoms with E-state index in [1.807, 2.05) is 24.3 Å². The molecule has 0 spiro atoms. The van der Waals surface area contributed by atoms with Crippen LogP contribution in [-0.4, -0.2) is 21.6 Å². The van der Waals surface area contributed by atoms with Crippen molar-refractivity contribution in [2.75, 3.05) is 0 Å². The Morgan fingerprint density at radius 1 is 1.29 bits per heavy atom. The van der Waals surface area contributed by atoms with Gasteiger partial charge in [-0.3, -0.25) is 4.79 Å². The number of para-hydroxylation sites is 1. The van der Waals surface area contributed by atoms with Gasteiger partial charge in [0.05, 0.1) is 10.2 Å². The van der Waals surface area contributed by atoms with Crippen molar-refractivity contribution in [3.63, 3.8) is 0 Å². The third-order valence-electron chi connectivity index (χ3n) is 3.12. The van der Waals surface area contributed by atoms with Crippen LogP contribution in [0, 0.1) is 5.41 Å². The van der Waals surface area contributed by atoms with Gasteiger partial charge in [-0.25, -0.2) is 4.79 Å². The first-order chi connectivity index (χ1) is 9.71. The molecule has 1 N–H and O–H groups in total. The number of rotatable bonds is 2. The highest BCUT2D eigenvalue weighted by Crippen LogP contribution is 2.21. The third-order valence-corrected chi connectivity index (χ3v) is 4.15. The minimum absolute atomic E-state index is 0.264. The summed E-state index contributed by atoms with van der Waals surface area (Å²) in [5, 5.41) is 9.29. The summed E-state index contributed by atoms with van der Waals surface area (Å²) in [6, 6.07) is 6.67. The lowest BCUT2D eigenvalue weighted by Crippen LogP contribution is -2.28. The number of carboxylic acid groups (broad SMARTS) is 1. The molecule has 2 rings (SSSR count). The lowest BCUT2D eigenvalue weighted by Gasteiger charge is -2.13. The van der Waals surface area contributed by atoms with Crippen molar-refractivity contribution in [2.24, 2.45) is 10.4 Å². The van der Waals surface area contributed by atoms with Crippen LogP contribution in [0.25, 0.3) is 10.2 Å². The first-order valence-electron chi connectivity index (χ1n) is 6.64. The summed E-state index contributed by atoms with van der Waals surface area (Å²) < 4.78 is 2.51. The van der Waals surface area contributed by atoms with E-state index >= 15 is 0 Å². The van der Waals surface area contributed by atoms with Crippen LogP contribution in [0.2, 0.25) is 0 Å². The third kappa shape index (κ3) is 3.05. The Morgan fingerprint density at radius 3 is 2.48 bits per heavy atom. The summed E-state index contributed by atoms with van der Waals surface area (Å²) in [6.07, 6.45) is 0. The van der Waals surface area contributed by atoms with Gasteiger partial charge in [0.25, 0.3) is 5.91 Å². The Bertz CT molecular complexity index is 765. The van der Waals surface area contributed by atoms with Crippen molar-refractivity contribution in [1.29, 1.82) is 0 Å². The maximum atomic E-state index is 12.1. The van der Waals surface area contributed by atoms with Crippen molar-refractivity contribution in [1.82, 2.24) is 4.57 Å². The van der Waals surface area contributed by atoms with Gasteiger partial charge in [0.1, 0.15) is 6.04 Å². The van der Waals surface area contributed by atoms with E-state index in [1.54, 1.807) is 32.3 Å². The number of benzene rings is 1. The van der Waals surface area contributed by atoms with Gasteiger partial charge in [0.15, 0.2) is 4.80 Å². The molecule has 1 unspecified atom stereocenters. The van der Waals surface area contributed by atoms with Crippen molar-refractivity contribution in [3.05, 3.63) is 29.1 Å². The largest absolute Gasteiger partial charge is 0.480 e. The molecule has 1 heterocycles. The van der Waals surface area contributed by atoms with E-state index in [4.69, 9.17) is 0 Å². The minimum atomic E-state index is -0.955. The Kier molecular flexibility index (Phi) is 4.00. The lowest BCUT2D eigenvalue weighted by molar-refractivity contribution is -0.140. The van der Waals surface area contributed by atoms with Crippen LogP contribution in [0.15, 0.2) is 29.3 Å². The van der Waals surface area contributed by atoms with Crippen LogP contribution in [0.5, 0.6) is 0 Å². The van der Waals surface area contributed by atoms with E-state index in [2.05, 4.69) is 4.99 Å². The SMILES string of the molecule is CC(C(=O)O)n1/c(=N/C(=O)C(C)(C)C)sc2ccccc21. The molecule has 1 aromatic heterocycles. The summed E-state index contributed by atoms with van der Waals surface area (Å²) >= 11 is 1.33. The monoisotopic (exact) mass is 306 g/mol. The lowest BCUT2D eigenvalue weighted by atomic mass is 9.96. The van der Waals surface area contributed by atoms with E-state index in [0.717, 1.165) is 10.2 Å². The molecule has 0 bridgehead atoms. The van der Waals surface area contributed by atoms with E-state index in [-0.39, 0.29) is 5.91 Å². The van der Waals surface area contributed by atoms with Crippen LogP contribution in [-0.2, 0) is 9.59 Å². The molecule has 0 aliphatic heterocycles. The van der Waals surface area contributed by atoms with Gasteiger partial charge in [0, 0.05) is 5.41 Å². The fraction of sp³-hybridized carbons (Fsp3) is 0.400. The molecule has 112 valence electrons. The highest BCUT2D eigenvalue weighted by atomic mass is 32.1. The number of carboxylic acids is 1. The van der Waals surface area contributed by atoms with Gasteiger partial charge in [0.2, 0.25) is 0 Å². The highest BCUT2D eigenvalue weighted by Gasteiger charge is 2.23. The van der Waals surface area contributed by atoms with Gasteiger partial charge in [-0.2, -0.15) is 4.99 Å². The molecule has 2 aromatic rings. The Hall–Kier alpha value is -1.95. The number of fused-ring (bicyclic) bond motifs is 1. The molecule has 0 saturated heterocycles. The summed E-state index contributed by atoms with van der Waals surface area (Å²) in [5.74, 6) is -1.22. The van der Waals surface area contributed by atoms with Gasteiger partial charge >= 0.3 is 5.97 Å². The Balaban J connectivity index is 2.74. The molecule has 1 atom stereocenters. The second-order valence-corrected chi connectivity index (χ2v) is 6.91. The summed E-state index contributed by atoms with van der Waals surface area (Å²) in [6.45, 7) is 6.95. The van der Waals surface area contributed by atoms with Crippen molar-refractivity contribution in [2.45, 2.75) is 33.7 Å². The quantitative estimate of drug-likeness (QED) is 0.927. The number of thiazole rings is 1. The van der Waals surface area contributed by atoms with Gasteiger partial charge in [-0.1, -0.05) is 44.2 Å². The predicted octanol–water partition coefficient (Wildman–Crippen LogP) is 2.82. The fourth-order valence-electron chi connectivity index (χ4n) is 1.81. The number of amides is 1. The fourth-order valence-corrected chi connectivity index (χ4v) is 2.91. The number of hydrogen-bond donors (Lipinski definition) is 1. The Morgan fingerprint density at radius 2 is 1.90 bits per heavy atom. The number of aliphatic carboxylic acids is 1. The summed E-state index contributed by atoms with van der Waals surface area (Å²) in [5.41, 5.74) is 0.179. The zero-order valence-electron chi connectivity index (χ0n) is 12.5. The molecular weight excluding hydrogens is 288 g/mol. The van der Waals surface area contributed by atoms with Crippen molar-refractivity contribution in [3.8, 4) is 0 Å². The van der Waals surface area contributed by atoms with Crippen LogP contribution in [0.3, 0.4) is 0 Å². The predicted molar refractivity (Wildman–Crippen MR) is 82.2 cm³/mol. The molecule has 1 amide bonds. The van der Waals surface area contributed by atoms with Crippen LogP contribution in [0.1, 0.15) is 33.7 Å². The zero-order chi connectivity index (χ0) is 15.8. The standard InChI is InChI=1S/C15H18N2O3S/c1-9(12(18)19)17-10-7-5-6-8-11(10)21-14(17)16-13(20)15(2,3)4/h5-9H,1-4H3,(H,18,19)/b16-14-. The normalized spacial score (nSPS) is 14.4. The summed E-state index contributed by atoms with van der Waals surface area (Å²) in [4.78, 5) is 28.0. The van der Waals surface area contributed by atoms with Crippen molar-refractivity contribution < 1.29 is 14.7 Å². The molecule has 5 nitrogen and oxygen atoms in total. The molecule has 0 aliphatic rings. The molecular formula is C15H18N2O3S. The highest BCUT2D eigenvalue weighted by molar-refractivity contribution is 7.16. The van der Waals surface area contributed by atoms with Crippen LogP contribution < -0.4 is 4.80 Å². The number of carbonyl (C=O) groups excluding carboxylic acids is 1. The van der Waals surface area contributed by atoms with E-state index in [0.29, 0.717) is 4.80 Å². The smallest absolute Gasteiger partial charge is 0.326 e. The maximum Gasteiger partial charge on any atom is 0.326 e. The molecule has 0 radical (unpaired) electrons. The molecule has 0 saturated carbocycles. The molecule has 1 aromatic carbocycles. The van der Waals surface area contributed by atoms with Gasteiger partial charge < -0.3 is 9.67 Å². The number of carbonyl (C=O) groups is 2. The number of aromatic nitrogens is 1. The second kappa shape index (κ2) is 5.44. The molecule has 6 heteroatoms. The van der Waals surface area contributed by atoms with E-state index < -0.39 is 17.4 Å². The number of hydrogen-bond acceptors (Lipinski definition) is 3. The van der Waals surface area contributed by atoms with Gasteiger partial charge in [-0.15, -0.1) is 0 Å². The molecule has 21 heavy (non-hydrogen) atoms. The second-order valence-electron chi connectivity index (χ2n) is 5.90. The van der Waals surface area contributed by atoms with Crippen molar-refractivity contribution >= 4 is 33.4 Å². The molecule has 0 fully saturated rings. The first-order valence-corrected chi connectivity index (χ1v) is 7.45. The summed E-state index contributed by atoms with van der Waals surface area (Å²) in [7, 11) is 0. The Labute approximate surface area is 126 Å². The maximum absolute atomic E-state index is 12.1. The number of nitrogens with zero attached hydrogens (tertiary/aromatic N) is 2. The van der Waals surface area contributed by atoms with Crippen LogP contribution in [0.4, 0.5) is 0 Å². The van der Waals surface area contributed by atoms with E-state index in [1.165, 1.54) is 11.3 Å². The van der Waals surface area contributed by atoms with E-state index in [9.17, 15) is 14.7 Å². The topological polar surface area (TPSA) is 71.7 Å². The minimum Gasteiger partial charge on any atom is -0.480 e. The van der Waals surface area contributed by atoms with Crippen LogP contribution >= 0.6 is 11.3 Å².